The van der Waals surface area contributed by atoms with Crippen LogP contribution in [0.2, 0.25) is 0 Å². The summed E-state index contributed by atoms with van der Waals surface area (Å²) in [6, 6.07) is 4.96. The Labute approximate surface area is 156 Å². The molecule has 1 rings (SSSR count). The molecule has 0 aliphatic heterocycles. The molecule has 0 aromatic heterocycles. The lowest BCUT2D eigenvalue weighted by Gasteiger charge is -2.27. The third-order valence-electron chi connectivity index (χ3n) is 3.97. The van der Waals surface area contributed by atoms with Gasteiger partial charge in [-0.05, 0) is 51.3 Å². The molecule has 1 atom stereocenters. The molecule has 1 amide bonds. The van der Waals surface area contributed by atoms with Gasteiger partial charge in [0.05, 0.1) is 13.2 Å². The molecule has 0 saturated carbocycles. The average Bonchev–Trinajstić information content (AvgIpc) is 2.65. The third kappa shape index (κ3) is 6.02. The molecule has 0 aliphatic carbocycles. The SMILES string of the molecule is CCCOc1ccc(NC(=O)[C@@](C)(CC)OCCC)cc1C(=O)OCC. The molecule has 6 nitrogen and oxygen atoms in total. The lowest BCUT2D eigenvalue weighted by atomic mass is 10.0. The summed E-state index contributed by atoms with van der Waals surface area (Å²) in [5.41, 5.74) is -0.121. The Bertz CT molecular complexity index is 602. The second-order valence-corrected chi connectivity index (χ2v) is 6.17. The Hall–Kier alpha value is -2.08. The van der Waals surface area contributed by atoms with Gasteiger partial charge in [-0.3, -0.25) is 4.79 Å². The first-order valence-electron chi connectivity index (χ1n) is 9.31. The van der Waals surface area contributed by atoms with Crippen LogP contribution in [0.25, 0.3) is 0 Å². The van der Waals surface area contributed by atoms with Crippen LogP contribution in [-0.2, 0) is 14.3 Å². The summed E-state index contributed by atoms with van der Waals surface area (Å²) in [4.78, 5) is 24.9. The van der Waals surface area contributed by atoms with E-state index in [9.17, 15) is 9.59 Å². The van der Waals surface area contributed by atoms with Crippen LogP contribution in [0.1, 0.15) is 64.2 Å². The summed E-state index contributed by atoms with van der Waals surface area (Å²) in [5.74, 6) is -0.274. The highest BCUT2D eigenvalue weighted by Crippen LogP contribution is 2.26. The van der Waals surface area contributed by atoms with Gasteiger partial charge in [-0.15, -0.1) is 0 Å². The first kappa shape index (κ1) is 22.0. The van der Waals surface area contributed by atoms with Gasteiger partial charge in [-0.25, -0.2) is 4.79 Å². The second kappa shape index (κ2) is 10.8. The van der Waals surface area contributed by atoms with Gasteiger partial charge in [0.1, 0.15) is 16.9 Å². The Balaban J connectivity index is 3.03. The van der Waals surface area contributed by atoms with Gasteiger partial charge in [0, 0.05) is 12.3 Å². The minimum absolute atomic E-state index is 0.245. The van der Waals surface area contributed by atoms with Crippen LogP contribution in [-0.4, -0.2) is 37.3 Å². The van der Waals surface area contributed by atoms with E-state index in [4.69, 9.17) is 14.2 Å². The zero-order valence-electron chi connectivity index (χ0n) is 16.5. The summed E-state index contributed by atoms with van der Waals surface area (Å²) in [6.07, 6.45) is 2.20. The Morgan fingerprint density at radius 2 is 1.77 bits per heavy atom. The van der Waals surface area contributed by atoms with E-state index < -0.39 is 11.6 Å². The highest BCUT2D eigenvalue weighted by molar-refractivity contribution is 5.99. The zero-order chi connectivity index (χ0) is 19.6. The van der Waals surface area contributed by atoms with Crippen molar-refractivity contribution in [2.24, 2.45) is 0 Å². The molecule has 0 spiro atoms. The van der Waals surface area contributed by atoms with Crippen LogP contribution >= 0.6 is 0 Å². The third-order valence-corrected chi connectivity index (χ3v) is 3.97. The van der Waals surface area contributed by atoms with E-state index in [1.807, 2.05) is 20.8 Å². The van der Waals surface area contributed by atoms with E-state index in [0.29, 0.717) is 36.6 Å². The molecular formula is C20H31NO5. The van der Waals surface area contributed by atoms with Gasteiger partial charge in [-0.2, -0.15) is 0 Å². The molecule has 0 aliphatic rings. The summed E-state index contributed by atoms with van der Waals surface area (Å²) in [6.45, 7) is 10.7. The Morgan fingerprint density at radius 3 is 2.35 bits per heavy atom. The van der Waals surface area contributed by atoms with Crippen molar-refractivity contribution in [3.8, 4) is 5.75 Å². The molecule has 26 heavy (non-hydrogen) atoms. The molecule has 0 radical (unpaired) electrons. The monoisotopic (exact) mass is 365 g/mol. The first-order valence-corrected chi connectivity index (χ1v) is 9.31. The van der Waals surface area contributed by atoms with Gasteiger partial charge in [-0.1, -0.05) is 20.8 Å². The van der Waals surface area contributed by atoms with E-state index in [-0.39, 0.29) is 12.5 Å². The van der Waals surface area contributed by atoms with Gasteiger partial charge in [0.15, 0.2) is 0 Å². The number of carbonyl (C=O) groups is 2. The normalized spacial score (nSPS) is 13.0. The van der Waals surface area contributed by atoms with Crippen LogP contribution in [0.4, 0.5) is 5.69 Å². The fourth-order valence-electron chi connectivity index (χ4n) is 2.23. The van der Waals surface area contributed by atoms with Gasteiger partial charge in [0.2, 0.25) is 0 Å². The van der Waals surface area contributed by atoms with Gasteiger partial charge in [0.25, 0.3) is 5.91 Å². The fraction of sp³-hybridized carbons (Fsp3) is 0.600. The number of amides is 1. The summed E-state index contributed by atoms with van der Waals surface area (Å²) in [5, 5.41) is 2.84. The molecule has 1 aromatic carbocycles. The summed E-state index contributed by atoms with van der Waals surface area (Å²) >= 11 is 0. The first-order chi connectivity index (χ1) is 12.4. The van der Waals surface area contributed by atoms with Crippen LogP contribution in [0.5, 0.6) is 5.75 Å². The van der Waals surface area contributed by atoms with Crippen molar-refractivity contribution in [1.29, 1.82) is 0 Å². The molecule has 146 valence electrons. The highest BCUT2D eigenvalue weighted by Gasteiger charge is 2.32. The Kier molecular flexibility index (Phi) is 9.13. The highest BCUT2D eigenvalue weighted by atomic mass is 16.5. The minimum atomic E-state index is -0.919. The lowest BCUT2D eigenvalue weighted by Crippen LogP contribution is -2.42. The topological polar surface area (TPSA) is 73.9 Å². The molecule has 0 unspecified atom stereocenters. The number of anilines is 1. The van der Waals surface area contributed by atoms with Crippen LogP contribution in [0, 0.1) is 0 Å². The standard InChI is InChI=1S/C20H31NO5/c1-6-12-25-17-11-10-15(14-16(17)18(22)24-9-4)21-19(23)20(5,8-3)26-13-7-2/h10-11,14H,6-9,12-13H2,1-5H3,(H,21,23)/t20-/m1/s1. The summed E-state index contributed by atoms with van der Waals surface area (Å²) in [7, 11) is 0. The number of carbonyl (C=O) groups excluding carboxylic acids is 2. The van der Waals surface area contributed by atoms with E-state index in [1.165, 1.54) is 0 Å². The maximum Gasteiger partial charge on any atom is 0.341 e. The molecule has 0 bridgehead atoms. The number of nitrogens with one attached hydrogen (secondary N) is 1. The van der Waals surface area contributed by atoms with Gasteiger partial charge < -0.3 is 19.5 Å². The van der Waals surface area contributed by atoms with E-state index in [2.05, 4.69) is 5.32 Å². The predicted octanol–water partition coefficient (Wildman–Crippen LogP) is 4.19. The van der Waals surface area contributed by atoms with Crippen molar-refractivity contribution in [1.82, 2.24) is 0 Å². The van der Waals surface area contributed by atoms with Crippen molar-refractivity contribution < 1.29 is 23.8 Å². The van der Waals surface area contributed by atoms with Crippen LogP contribution < -0.4 is 10.1 Å². The molecule has 0 fully saturated rings. The quantitative estimate of drug-likeness (QED) is 0.595. The van der Waals surface area contributed by atoms with Crippen molar-refractivity contribution in [3.63, 3.8) is 0 Å². The van der Waals surface area contributed by atoms with Crippen LogP contribution in [0.15, 0.2) is 18.2 Å². The van der Waals surface area contributed by atoms with Crippen molar-refractivity contribution in [2.45, 2.75) is 59.5 Å². The smallest absolute Gasteiger partial charge is 0.341 e. The number of benzene rings is 1. The van der Waals surface area contributed by atoms with Crippen molar-refractivity contribution in [2.75, 3.05) is 25.1 Å². The maximum atomic E-state index is 12.7. The Morgan fingerprint density at radius 1 is 1.08 bits per heavy atom. The molecule has 0 saturated heterocycles. The van der Waals surface area contributed by atoms with E-state index in [0.717, 1.165) is 12.8 Å². The number of rotatable bonds is 11. The largest absolute Gasteiger partial charge is 0.493 e. The zero-order valence-corrected chi connectivity index (χ0v) is 16.5. The lowest BCUT2D eigenvalue weighted by molar-refractivity contribution is -0.139. The maximum absolute atomic E-state index is 12.7. The van der Waals surface area contributed by atoms with E-state index in [1.54, 1.807) is 32.0 Å². The van der Waals surface area contributed by atoms with Crippen molar-refractivity contribution >= 4 is 17.6 Å². The molecule has 1 N–H and O–H groups in total. The molecule has 6 heteroatoms. The minimum Gasteiger partial charge on any atom is -0.493 e. The van der Waals surface area contributed by atoms with Crippen molar-refractivity contribution in [3.05, 3.63) is 23.8 Å². The molecular weight excluding hydrogens is 334 g/mol. The second-order valence-electron chi connectivity index (χ2n) is 6.17. The summed E-state index contributed by atoms with van der Waals surface area (Å²) < 4.78 is 16.4. The van der Waals surface area contributed by atoms with Crippen LogP contribution in [0.3, 0.4) is 0 Å². The number of esters is 1. The number of ether oxygens (including phenoxy) is 3. The number of hydrogen-bond donors (Lipinski definition) is 1. The van der Waals surface area contributed by atoms with Gasteiger partial charge >= 0.3 is 5.97 Å². The molecule has 0 heterocycles. The fourth-order valence-corrected chi connectivity index (χ4v) is 2.23. The molecule has 1 aromatic rings. The number of hydrogen-bond acceptors (Lipinski definition) is 5. The van der Waals surface area contributed by atoms with E-state index >= 15 is 0 Å². The average molecular weight is 365 g/mol. The predicted molar refractivity (Wildman–Crippen MR) is 102 cm³/mol.